The lowest BCUT2D eigenvalue weighted by molar-refractivity contribution is -0.139. The lowest BCUT2D eigenvalue weighted by atomic mass is 10.0. The monoisotopic (exact) mass is 1500 g/mol. The van der Waals surface area contributed by atoms with Gasteiger partial charge in [-0.05, 0) is 141 Å². The first-order chi connectivity index (χ1) is 52.2. The summed E-state index contributed by atoms with van der Waals surface area (Å²) in [6.45, 7) is -0.715. The molecule has 5 atom stereocenters. The summed E-state index contributed by atoms with van der Waals surface area (Å²) in [5.41, 5.74) is 31.3. The number of amides is 9. The molecule has 8 aromatic rings. The second kappa shape index (κ2) is 38.7. The molecule has 0 aliphatic carbocycles. The van der Waals surface area contributed by atoms with Gasteiger partial charge in [0.15, 0.2) is 24.5 Å². The molecule has 2 aromatic heterocycles. The van der Waals surface area contributed by atoms with Crippen LogP contribution in [0.5, 0.6) is 23.0 Å². The fraction of sp³-hybridized carbons (Fsp3) is 0.274. The van der Waals surface area contributed by atoms with Crippen LogP contribution in [0.4, 0.5) is 22.7 Å². The number of carbonyl (C=O) groups excluding carboxylic acids is 9. The molecule has 0 radical (unpaired) electrons. The molecule has 0 aliphatic heterocycles. The third-order valence-corrected chi connectivity index (χ3v) is 17.0. The summed E-state index contributed by atoms with van der Waals surface area (Å²) >= 11 is 0. The fourth-order valence-corrected chi connectivity index (χ4v) is 11.6. The second-order valence-corrected chi connectivity index (χ2v) is 24.8. The molecule has 0 fully saturated rings. The third kappa shape index (κ3) is 23.0. The predicted molar refractivity (Wildman–Crippen MR) is 407 cm³/mol. The maximum atomic E-state index is 14.6. The Morgan fingerprint density at radius 3 is 1.09 bits per heavy atom. The topological polar surface area (TPSA) is 593 Å². The van der Waals surface area contributed by atoms with Crippen LogP contribution in [0.3, 0.4) is 0 Å². The van der Waals surface area contributed by atoms with E-state index in [1.165, 1.54) is 88.1 Å². The number of nitrogens with two attached hydrogens (primary N) is 5. The molecule has 574 valence electrons. The summed E-state index contributed by atoms with van der Waals surface area (Å²) in [4.78, 5) is 145. The van der Waals surface area contributed by atoms with Crippen molar-refractivity contribution in [3.05, 3.63) is 167 Å². The number of carbonyl (C=O) groups is 10. The highest BCUT2D eigenvalue weighted by Crippen LogP contribution is 2.30. The SMILES string of the molecule is COc1ccc(NC(=O)[C@H](CCCNC(=N)N)NC(=O)c2cc(NC(=O)[C@H](CCCNC(=N)N)NC(=O)c3cc(NC(=O)[C@H](CCCNC(=N)N)NC(=O)c4cc(NC(=O)[C@@H](N)Cc5c[nH]c6ccccc56)ccc4OC)ccc3OC)ccc2OCC(=O)O)cc1C(=O)N[C@@H](Cc1c[nH]c2ccccc12)C(N)=O. The Labute approximate surface area is 623 Å². The maximum absolute atomic E-state index is 14.6. The van der Waals surface area contributed by atoms with Crippen LogP contribution in [0.2, 0.25) is 0 Å². The number of benzene rings is 6. The van der Waals surface area contributed by atoms with Gasteiger partial charge in [-0.2, -0.15) is 0 Å². The average Bonchev–Trinajstić information content (AvgIpc) is 1.70. The first-order valence-corrected chi connectivity index (χ1v) is 34.1. The van der Waals surface area contributed by atoms with Gasteiger partial charge in [0.1, 0.15) is 47.2 Å². The molecule has 0 aliphatic rings. The van der Waals surface area contributed by atoms with Crippen molar-refractivity contribution in [2.75, 3.05) is 68.8 Å². The summed E-state index contributed by atoms with van der Waals surface area (Å²) in [6, 6.07) is 24.5. The van der Waals surface area contributed by atoms with Crippen LogP contribution in [0.1, 0.15) is 91.1 Å². The first kappa shape index (κ1) is 80.8. The van der Waals surface area contributed by atoms with Gasteiger partial charge < -0.3 is 121 Å². The molecule has 36 nitrogen and oxygen atoms in total. The molecule has 0 bridgehead atoms. The Morgan fingerprint density at radius 1 is 0.431 bits per heavy atom. The highest BCUT2D eigenvalue weighted by molar-refractivity contribution is 6.08. The van der Waals surface area contributed by atoms with Gasteiger partial charge in [0.05, 0.1) is 49.6 Å². The van der Waals surface area contributed by atoms with Gasteiger partial charge in [0.25, 0.3) is 23.6 Å². The number of fused-ring (bicyclic) bond motifs is 2. The van der Waals surface area contributed by atoms with Crippen molar-refractivity contribution >= 4 is 122 Å². The molecule has 109 heavy (non-hydrogen) atoms. The van der Waals surface area contributed by atoms with Crippen molar-refractivity contribution < 1.29 is 72.0 Å². The van der Waals surface area contributed by atoms with Crippen molar-refractivity contribution in [2.24, 2.45) is 28.7 Å². The Hall–Kier alpha value is -13.9. The van der Waals surface area contributed by atoms with E-state index < -0.39 is 102 Å². The second-order valence-electron chi connectivity index (χ2n) is 24.8. The van der Waals surface area contributed by atoms with E-state index in [2.05, 4.69) is 68.5 Å². The van der Waals surface area contributed by atoms with E-state index in [4.69, 9.17) is 63.8 Å². The number of carboxylic acids is 1. The van der Waals surface area contributed by atoms with Gasteiger partial charge in [-0.25, -0.2) is 4.79 Å². The number of hydrogen-bond acceptors (Lipinski definition) is 18. The number of rotatable bonds is 39. The molecule has 0 saturated heterocycles. The number of methoxy groups -OCH3 is 3. The quantitative estimate of drug-likeness (QED) is 0.0149. The smallest absolute Gasteiger partial charge is 0.341 e. The van der Waals surface area contributed by atoms with E-state index in [-0.39, 0.29) is 151 Å². The number of ether oxygens (including phenoxy) is 4. The van der Waals surface area contributed by atoms with E-state index in [0.717, 1.165) is 33.4 Å². The number of anilines is 4. The number of para-hydroxylation sites is 2. The molecular weight excluding hydrogens is 1410 g/mol. The van der Waals surface area contributed by atoms with Crippen molar-refractivity contribution in [3.63, 3.8) is 0 Å². The van der Waals surface area contributed by atoms with Gasteiger partial charge in [-0.1, -0.05) is 36.4 Å². The molecule has 2 heterocycles. The van der Waals surface area contributed by atoms with Crippen LogP contribution < -0.4 is 106 Å². The zero-order valence-corrected chi connectivity index (χ0v) is 59.6. The Kier molecular flexibility index (Phi) is 28.7. The molecule has 36 heteroatoms. The summed E-state index contributed by atoms with van der Waals surface area (Å²) in [5.74, 6) is -10.1. The van der Waals surface area contributed by atoms with Crippen LogP contribution in [0.15, 0.2) is 134 Å². The molecule has 27 N–H and O–H groups in total. The van der Waals surface area contributed by atoms with Crippen molar-refractivity contribution in [1.82, 2.24) is 47.2 Å². The van der Waals surface area contributed by atoms with Crippen molar-refractivity contribution in [1.29, 1.82) is 16.2 Å². The minimum atomic E-state index is -1.44. The molecular formula is C73H87N21O15. The standard InChI is InChI=1S/C73H87N21O15/c1-106-57-22-18-40(87-67(102)50(74)29-38-35-85-51-13-6-4-11-44(38)51)31-46(57)63(98)91-53(15-8-26-82-71(76)77)68(103)88-41-19-23-58(107-2)47(32-41)64(99)92-54(16-9-27-83-72(78)79)69(104)90-43-21-25-60(109-37-61(95)96)49(34-43)66(101)93-55(17-10-28-84-73(80)81)70(105)89-42-20-24-59(108-3)48(33-42)65(100)94-56(62(75)97)30-39-36-86-52-14-7-5-12-45(39)52/h4-7,11-14,18-25,31-36,50,53-56,85-86H,8-10,15-17,26-30,37,74H2,1-3H3,(H2,75,97)(H,87,102)(H,88,103)(H,89,105)(H,90,104)(H,91,98)(H,92,99)(H,93,101)(H,94,100)(H,95,96)(H4,76,77,82)(H4,78,79,83)(H4,80,81,84)/t50-,53-,54-,55-,56-/m0/s1. The van der Waals surface area contributed by atoms with Crippen LogP contribution in [-0.4, -0.2) is 170 Å². The maximum Gasteiger partial charge on any atom is 0.341 e. The third-order valence-electron chi connectivity index (χ3n) is 17.0. The summed E-state index contributed by atoms with van der Waals surface area (Å²) < 4.78 is 22.1. The normalized spacial score (nSPS) is 12.2. The van der Waals surface area contributed by atoms with E-state index >= 15 is 0 Å². The molecule has 0 unspecified atom stereocenters. The first-order valence-electron chi connectivity index (χ1n) is 34.1. The number of aromatic nitrogens is 2. The average molecular weight is 1500 g/mol. The van der Waals surface area contributed by atoms with Crippen LogP contribution >= 0.6 is 0 Å². The molecule has 8 rings (SSSR count). The highest BCUT2D eigenvalue weighted by atomic mass is 16.5. The molecule has 0 spiro atoms. The van der Waals surface area contributed by atoms with E-state index in [1.807, 2.05) is 48.5 Å². The van der Waals surface area contributed by atoms with Crippen LogP contribution in [0.25, 0.3) is 21.8 Å². The number of H-pyrrole nitrogens is 2. The number of hydrogen-bond donors (Lipinski definition) is 22. The number of nitrogens with one attached hydrogen (secondary N) is 16. The lowest BCUT2D eigenvalue weighted by Gasteiger charge is -2.22. The number of guanidine groups is 3. The van der Waals surface area contributed by atoms with E-state index in [1.54, 1.807) is 12.4 Å². The van der Waals surface area contributed by atoms with Gasteiger partial charge in [0, 0.05) is 83.0 Å². The van der Waals surface area contributed by atoms with Crippen LogP contribution in [0, 0.1) is 16.2 Å². The van der Waals surface area contributed by atoms with Crippen LogP contribution in [-0.2, 0) is 41.6 Å². The summed E-state index contributed by atoms with van der Waals surface area (Å²) in [5, 5.41) is 63.8. The van der Waals surface area contributed by atoms with Gasteiger partial charge in [-0.15, -0.1) is 0 Å². The van der Waals surface area contributed by atoms with Crippen molar-refractivity contribution in [2.45, 2.75) is 81.6 Å². The lowest BCUT2D eigenvalue weighted by Crippen LogP contribution is -2.46. The minimum absolute atomic E-state index is 0.0166. The largest absolute Gasteiger partial charge is 0.496 e. The number of primary amides is 1. The van der Waals surface area contributed by atoms with Gasteiger partial charge in [0.2, 0.25) is 29.5 Å². The minimum Gasteiger partial charge on any atom is -0.496 e. The number of aliphatic carboxylic acids is 1. The molecule has 6 aromatic carbocycles. The highest BCUT2D eigenvalue weighted by Gasteiger charge is 2.31. The summed E-state index contributed by atoms with van der Waals surface area (Å²) in [6.07, 6.45) is 3.83. The Balaban J connectivity index is 0.994. The van der Waals surface area contributed by atoms with Gasteiger partial charge >= 0.3 is 5.97 Å². The van der Waals surface area contributed by atoms with E-state index in [0.29, 0.717) is 5.56 Å². The number of aromatic amines is 2. The predicted octanol–water partition coefficient (Wildman–Crippen LogP) is 2.47. The van der Waals surface area contributed by atoms with Crippen molar-refractivity contribution in [3.8, 4) is 23.0 Å². The molecule has 9 amide bonds. The van der Waals surface area contributed by atoms with E-state index in [9.17, 15) is 53.1 Å². The summed E-state index contributed by atoms with van der Waals surface area (Å²) in [7, 11) is 3.90. The zero-order chi connectivity index (χ0) is 78.8. The number of carboxylic acid groups (broad SMARTS) is 1. The van der Waals surface area contributed by atoms with Gasteiger partial charge in [-0.3, -0.25) is 59.4 Å². The fourth-order valence-electron chi connectivity index (χ4n) is 11.6. The Bertz CT molecular complexity index is 4710. The Morgan fingerprint density at radius 2 is 0.752 bits per heavy atom. The zero-order valence-electron chi connectivity index (χ0n) is 59.6. The molecule has 0 saturated carbocycles.